The van der Waals surface area contributed by atoms with E-state index < -0.39 is 28.5 Å². The molecule has 4 rings (SSSR count). The van der Waals surface area contributed by atoms with Crippen molar-refractivity contribution in [3.8, 4) is 0 Å². The van der Waals surface area contributed by atoms with E-state index in [1.54, 1.807) is 42.5 Å². The molecule has 0 heterocycles. The molecule has 0 saturated heterocycles. The number of benzene rings is 4. The molecule has 0 aromatic heterocycles. The minimum atomic E-state index is -4.30. The van der Waals surface area contributed by atoms with Gasteiger partial charge in [0.15, 0.2) is 0 Å². The molecule has 0 saturated carbocycles. The first-order chi connectivity index (χ1) is 21.6. The lowest BCUT2D eigenvalue weighted by molar-refractivity contribution is -0.140. The first-order valence-electron chi connectivity index (χ1n) is 14.5. The molecule has 4 aromatic rings. The third kappa shape index (κ3) is 9.23. The summed E-state index contributed by atoms with van der Waals surface area (Å²) in [4.78, 5) is 29.7. The average molecular weight is 687 g/mol. The lowest BCUT2D eigenvalue weighted by Crippen LogP contribution is -2.53. The largest absolute Gasteiger partial charge is 0.354 e. The Morgan fingerprint density at radius 1 is 0.800 bits per heavy atom. The van der Waals surface area contributed by atoms with E-state index in [-0.39, 0.29) is 39.5 Å². The van der Waals surface area contributed by atoms with Gasteiger partial charge in [0.05, 0.1) is 15.6 Å². The molecule has 11 heteroatoms. The maximum atomic E-state index is 14.5. The first-order valence-corrected chi connectivity index (χ1v) is 17.1. The van der Waals surface area contributed by atoms with E-state index in [4.69, 9.17) is 34.8 Å². The van der Waals surface area contributed by atoms with E-state index in [2.05, 4.69) is 5.32 Å². The van der Waals surface area contributed by atoms with Crippen LogP contribution in [0.25, 0.3) is 0 Å². The summed E-state index contributed by atoms with van der Waals surface area (Å²) >= 11 is 19.1. The molecule has 45 heavy (non-hydrogen) atoms. The number of unbranched alkanes of at least 4 members (excludes halogenated alkanes) is 1. The number of nitrogens with one attached hydrogen (secondary N) is 1. The van der Waals surface area contributed by atoms with Crippen molar-refractivity contribution in [1.29, 1.82) is 0 Å². The van der Waals surface area contributed by atoms with Crippen LogP contribution in [0.4, 0.5) is 5.69 Å². The number of carbonyl (C=O) groups is 2. The van der Waals surface area contributed by atoms with Crippen LogP contribution < -0.4 is 9.62 Å². The van der Waals surface area contributed by atoms with Crippen LogP contribution in [0.15, 0.2) is 108 Å². The van der Waals surface area contributed by atoms with Gasteiger partial charge in [-0.1, -0.05) is 109 Å². The minimum absolute atomic E-state index is 0.000589. The average Bonchev–Trinajstić information content (AvgIpc) is 3.03. The van der Waals surface area contributed by atoms with Crippen molar-refractivity contribution in [2.45, 2.75) is 43.7 Å². The summed E-state index contributed by atoms with van der Waals surface area (Å²) in [5, 5.41) is 3.76. The molecule has 0 bridgehead atoms. The van der Waals surface area contributed by atoms with Crippen molar-refractivity contribution in [3.05, 3.63) is 129 Å². The maximum absolute atomic E-state index is 14.5. The topological polar surface area (TPSA) is 86.8 Å². The van der Waals surface area contributed by atoms with E-state index in [9.17, 15) is 18.0 Å². The van der Waals surface area contributed by atoms with Crippen LogP contribution in [0, 0.1) is 0 Å². The van der Waals surface area contributed by atoms with E-state index >= 15 is 0 Å². The van der Waals surface area contributed by atoms with Crippen molar-refractivity contribution in [1.82, 2.24) is 10.2 Å². The molecule has 236 valence electrons. The zero-order valence-corrected chi connectivity index (χ0v) is 27.8. The highest BCUT2D eigenvalue weighted by Crippen LogP contribution is 2.33. The summed E-state index contributed by atoms with van der Waals surface area (Å²) < 4.78 is 29.1. The van der Waals surface area contributed by atoms with Gasteiger partial charge >= 0.3 is 0 Å². The number of carbonyl (C=O) groups excluding carboxylic acids is 2. The highest BCUT2D eigenvalue weighted by molar-refractivity contribution is 7.92. The summed E-state index contributed by atoms with van der Waals surface area (Å²) in [5.74, 6) is -0.960. The van der Waals surface area contributed by atoms with Crippen molar-refractivity contribution in [2.24, 2.45) is 0 Å². The molecule has 0 aliphatic heterocycles. The Morgan fingerprint density at radius 3 is 2.11 bits per heavy atom. The summed E-state index contributed by atoms with van der Waals surface area (Å²) in [6, 6.07) is 27.5. The van der Waals surface area contributed by atoms with Gasteiger partial charge in [0, 0.05) is 29.6 Å². The lowest BCUT2D eigenvalue weighted by atomic mass is 10.0. The van der Waals surface area contributed by atoms with Crippen LogP contribution in [0.5, 0.6) is 0 Å². The van der Waals surface area contributed by atoms with Gasteiger partial charge in [0.25, 0.3) is 10.0 Å². The molecule has 0 radical (unpaired) electrons. The summed E-state index contributed by atoms with van der Waals surface area (Å²) in [6.45, 7) is 1.81. The fourth-order valence-electron chi connectivity index (χ4n) is 4.80. The smallest absolute Gasteiger partial charge is 0.264 e. The van der Waals surface area contributed by atoms with Crippen LogP contribution in [-0.4, -0.2) is 44.3 Å². The molecule has 0 unspecified atom stereocenters. The van der Waals surface area contributed by atoms with E-state index in [1.807, 2.05) is 37.3 Å². The Kier molecular flexibility index (Phi) is 12.3. The molecule has 4 aromatic carbocycles. The Morgan fingerprint density at radius 2 is 1.44 bits per heavy atom. The van der Waals surface area contributed by atoms with Crippen molar-refractivity contribution < 1.29 is 18.0 Å². The predicted molar refractivity (Wildman–Crippen MR) is 181 cm³/mol. The molecule has 2 amide bonds. The number of rotatable bonds is 14. The summed E-state index contributed by atoms with van der Waals surface area (Å²) in [7, 11) is -4.30. The second-order valence-electron chi connectivity index (χ2n) is 10.4. The molecule has 0 spiro atoms. The number of amides is 2. The quantitative estimate of drug-likeness (QED) is 0.140. The zero-order valence-electron chi connectivity index (χ0n) is 24.7. The van der Waals surface area contributed by atoms with Gasteiger partial charge in [0.2, 0.25) is 11.8 Å². The third-order valence-electron chi connectivity index (χ3n) is 7.13. The second-order valence-corrected chi connectivity index (χ2v) is 13.6. The molecular weight excluding hydrogens is 653 g/mol. The number of hydrogen-bond acceptors (Lipinski definition) is 4. The normalized spacial score (nSPS) is 11.9. The van der Waals surface area contributed by atoms with Crippen LogP contribution in [0.2, 0.25) is 15.1 Å². The Balaban J connectivity index is 1.81. The van der Waals surface area contributed by atoms with Crippen LogP contribution in [0.3, 0.4) is 0 Å². The Hall–Kier alpha value is -3.56. The van der Waals surface area contributed by atoms with Gasteiger partial charge in [-0.25, -0.2) is 8.42 Å². The van der Waals surface area contributed by atoms with Gasteiger partial charge in [-0.05, 0) is 60.0 Å². The number of sulfonamides is 1. The van der Waals surface area contributed by atoms with Crippen LogP contribution >= 0.6 is 34.8 Å². The molecule has 0 aliphatic carbocycles. The number of anilines is 1. The number of halogens is 3. The van der Waals surface area contributed by atoms with E-state index in [0.29, 0.717) is 17.1 Å². The fraction of sp³-hybridized carbons (Fsp3) is 0.235. The highest BCUT2D eigenvalue weighted by Gasteiger charge is 2.35. The SMILES string of the molecule is CCCCNC(=O)[C@@H](Cc1ccccc1)N(Cc1cccc(Cl)c1)C(=O)CN(c1cc(Cl)ccc1Cl)S(=O)(=O)c1ccccc1. The van der Waals surface area contributed by atoms with Gasteiger partial charge < -0.3 is 10.2 Å². The lowest BCUT2D eigenvalue weighted by Gasteiger charge is -2.34. The molecule has 0 fully saturated rings. The summed E-state index contributed by atoms with van der Waals surface area (Å²) in [6.07, 6.45) is 1.85. The molecular formula is C34H34Cl3N3O4S. The predicted octanol–water partition coefficient (Wildman–Crippen LogP) is 7.40. The van der Waals surface area contributed by atoms with Crippen molar-refractivity contribution >= 4 is 62.3 Å². The highest BCUT2D eigenvalue weighted by atomic mass is 35.5. The van der Waals surface area contributed by atoms with Crippen LogP contribution in [0.1, 0.15) is 30.9 Å². The summed E-state index contributed by atoms with van der Waals surface area (Å²) in [5.41, 5.74) is 1.55. The van der Waals surface area contributed by atoms with Crippen molar-refractivity contribution in [2.75, 3.05) is 17.4 Å². The standard InChI is InChI=1S/C34H34Cl3N3O4S/c1-2-3-19-38-34(42)32(21-25-11-6-4-7-12-25)39(23-26-13-10-14-27(35)20-26)33(41)24-40(31-22-28(36)17-18-30(31)37)45(43,44)29-15-8-5-9-16-29/h4-18,20,22,32H,2-3,19,21,23-24H2,1H3,(H,38,42)/t32-/m1/s1. The fourth-order valence-corrected chi connectivity index (χ4v) is 6.90. The van der Waals surface area contributed by atoms with Gasteiger partial charge in [-0.2, -0.15) is 0 Å². The monoisotopic (exact) mass is 685 g/mol. The molecule has 1 atom stereocenters. The van der Waals surface area contributed by atoms with E-state index in [1.165, 1.54) is 35.2 Å². The van der Waals surface area contributed by atoms with Crippen LogP contribution in [-0.2, 0) is 32.6 Å². The first kappa shape index (κ1) is 34.3. The molecule has 1 N–H and O–H groups in total. The number of hydrogen-bond donors (Lipinski definition) is 1. The zero-order chi connectivity index (χ0) is 32.4. The minimum Gasteiger partial charge on any atom is -0.354 e. The molecule has 0 aliphatic rings. The van der Waals surface area contributed by atoms with Gasteiger partial charge in [0.1, 0.15) is 12.6 Å². The third-order valence-corrected chi connectivity index (χ3v) is 9.69. The van der Waals surface area contributed by atoms with Gasteiger partial charge in [-0.3, -0.25) is 13.9 Å². The number of nitrogens with zero attached hydrogens (tertiary/aromatic N) is 2. The second kappa shape index (κ2) is 16.1. The Bertz CT molecular complexity index is 1710. The Labute approximate surface area is 279 Å². The molecule has 7 nitrogen and oxygen atoms in total. The van der Waals surface area contributed by atoms with Crippen molar-refractivity contribution in [3.63, 3.8) is 0 Å². The van der Waals surface area contributed by atoms with E-state index in [0.717, 1.165) is 22.7 Å². The van der Waals surface area contributed by atoms with Gasteiger partial charge in [-0.15, -0.1) is 0 Å². The maximum Gasteiger partial charge on any atom is 0.264 e.